The second-order valence-corrected chi connectivity index (χ2v) is 5.84. The normalized spacial score (nSPS) is 16.7. The Labute approximate surface area is 139 Å². The first-order chi connectivity index (χ1) is 11.7. The first-order valence-corrected chi connectivity index (χ1v) is 7.76. The van der Waals surface area contributed by atoms with Gasteiger partial charge in [0.15, 0.2) is 12.2 Å². The van der Waals surface area contributed by atoms with Crippen LogP contribution in [0.5, 0.6) is 0 Å². The molecule has 4 rings (SSSR count). The van der Waals surface area contributed by atoms with Crippen LogP contribution in [0.15, 0.2) is 65.5 Å². The summed E-state index contributed by atoms with van der Waals surface area (Å²) in [6.07, 6.45) is 2.36. The molecule has 0 spiro atoms. The molecule has 5 heteroatoms. The Morgan fingerprint density at radius 3 is 2.71 bits per heavy atom. The topological polar surface area (TPSA) is 66.6 Å². The zero-order chi connectivity index (χ0) is 16.5. The molecule has 1 atom stereocenters. The summed E-state index contributed by atoms with van der Waals surface area (Å²) in [7, 11) is 0. The number of carbonyl (C=O) groups excluding carboxylic acids is 1. The number of aromatic nitrogens is 1. The number of carbonyl (C=O) groups is 1. The maximum Gasteiger partial charge on any atom is 0.254 e. The van der Waals surface area contributed by atoms with Crippen LogP contribution in [0.4, 0.5) is 0 Å². The van der Waals surface area contributed by atoms with Crippen molar-refractivity contribution in [2.45, 2.75) is 12.6 Å². The zero-order valence-electron chi connectivity index (χ0n) is 12.9. The molecule has 2 heterocycles. The molecule has 0 saturated carbocycles. The molecule has 1 aromatic heterocycles. The number of nitrogens with zero attached hydrogens (tertiary/aromatic N) is 2. The van der Waals surface area contributed by atoms with E-state index in [9.17, 15) is 9.90 Å². The van der Waals surface area contributed by atoms with Crippen LogP contribution in [0.3, 0.4) is 0 Å². The number of hydrogen-bond acceptors (Lipinski definition) is 4. The SMILES string of the molecule is O=C(c1ccc(-c2cnco2)cc1)N1Cc2ccccc2[C@H](O)C1. The Kier molecular flexibility index (Phi) is 3.63. The van der Waals surface area contributed by atoms with Crippen LogP contribution in [0, 0.1) is 0 Å². The molecule has 1 N–H and O–H groups in total. The number of rotatable bonds is 2. The van der Waals surface area contributed by atoms with Crippen molar-refractivity contribution in [2.24, 2.45) is 0 Å². The van der Waals surface area contributed by atoms with Crippen molar-refractivity contribution in [1.82, 2.24) is 9.88 Å². The van der Waals surface area contributed by atoms with E-state index < -0.39 is 6.10 Å². The predicted molar refractivity (Wildman–Crippen MR) is 88.1 cm³/mol. The Bertz CT molecular complexity index is 857. The number of β-amino-alcohol motifs (C(OH)–C–C–N with tert-alkyl or cyclic N) is 1. The monoisotopic (exact) mass is 320 g/mol. The standard InChI is InChI=1S/C19H16N2O3/c22-17-11-21(10-15-3-1-2-4-16(15)17)19(23)14-7-5-13(6-8-14)18-9-20-12-24-18/h1-9,12,17,22H,10-11H2/t17-/m1/s1. The zero-order valence-corrected chi connectivity index (χ0v) is 12.9. The Morgan fingerprint density at radius 2 is 1.96 bits per heavy atom. The highest BCUT2D eigenvalue weighted by Gasteiger charge is 2.27. The van der Waals surface area contributed by atoms with Crippen molar-refractivity contribution in [1.29, 1.82) is 0 Å². The van der Waals surface area contributed by atoms with E-state index in [0.29, 0.717) is 24.4 Å². The molecule has 0 saturated heterocycles. The largest absolute Gasteiger partial charge is 0.444 e. The molecule has 1 amide bonds. The van der Waals surface area contributed by atoms with Crippen molar-refractivity contribution in [3.8, 4) is 11.3 Å². The van der Waals surface area contributed by atoms with Gasteiger partial charge >= 0.3 is 0 Å². The van der Waals surface area contributed by atoms with Crippen LogP contribution in [-0.2, 0) is 6.54 Å². The lowest BCUT2D eigenvalue weighted by atomic mass is 9.97. The molecule has 1 aliphatic heterocycles. The summed E-state index contributed by atoms with van der Waals surface area (Å²) in [5, 5.41) is 10.3. The van der Waals surface area contributed by atoms with Gasteiger partial charge in [-0.15, -0.1) is 0 Å². The van der Waals surface area contributed by atoms with Gasteiger partial charge in [0, 0.05) is 17.7 Å². The number of benzene rings is 2. The minimum atomic E-state index is -0.646. The quantitative estimate of drug-likeness (QED) is 0.788. The minimum Gasteiger partial charge on any atom is -0.444 e. The molecule has 5 nitrogen and oxygen atoms in total. The lowest BCUT2D eigenvalue weighted by Crippen LogP contribution is -2.38. The molecule has 0 fully saturated rings. The third-order valence-corrected chi connectivity index (χ3v) is 4.30. The van der Waals surface area contributed by atoms with E-state index in [1.165, 1.54) is 6.39 Å². The first-order valence-electron chi connectivity index (χ1n) is 7.76. The molecule has 120 valence electrons. The van der Waals surface area contributed by atoms with Crippen molar-refractivity contribution < 1.29 is 14.3 Å². The summed E-state index contributed by atoms with van der Waals surface area (Å²) >= 11 is 0. The fraction of sp³-hybridized carbons (Fsp3) is 0.158. The first kappa shape index (κ1) is 14.7. The van der Waals surface area contributed by atoms with E-state index in [1.54, 1.807) is 23.2 Å². The summed E-state index contributed by atoms with van der Waals surface area (Å²) in [6.45, 7) is 0.815. The summed E-state index contributed by atoms with van der Waals surface area (Å²) in [5.74, 6) is 0.573. The van der Waals surface area contributed by atoms with Gasteiger partial charge in [0.1, 0.15) is 0 Å². The highest BCUT2D eigenvalue weighted by Crippen LogP contribution is 2.27. The number of hydrogen-bond donors (Lipinski definition) is 1. The molecule has 24 heavy (non-hydrogen) atoms. The fourth-order valence-corrected chi connectivity index (χ4v) is 3.05. The number of aliphatic hydroxyl groups excluding tert-OH is 1. The Morgan fingerprint density at radius 1 is 1.17 bits per heavy atom. The van der Waals surface area contributed by atoms with Gasteiger partial charge < -0.3 is 14.4 Å². The number of oxazole rings is 1. The summed E-state index contributed by atoms with van der Waals surface area (Å²) in [4.78, 5) is 18.3. The van der Waals surface area contributed by atoms with Crippen molar-refractivity contribution in [3.63, 3.8) is 0 Å². The average Bonchev–Trinajstić information content (AvgIpc) is 3.16. The maximum absolute atomic E-state index is 12.7. The third kappa shape index (κ3) is 2.59. The summed E-state index contributed by atoms with van der Waals surface area (Å²) in [5.41, 5.74) is 3.35. The van der Waals surface area contributed by atoms with E-state index in [0.717, 1.165) is 16.7 Å². The van der Waals surface area contributed by atoms with E-state index in [-0.39, 0.29) is 5.91 Å². The second-order valence-electron chi connectivity index (χ2n) is 5.84. The number of fused-ring (bicyclic) bond motifs is 1. The fourth-order valence-electron chi connectivity index (χ4n) is 3.05. The van der Waals surface area contributed by atoms with Crippen LogP contribution in [0.2, 0.25) is 0 Å². The highest BCUT2D eigenvalue weighted by atomic mass is 16.3. The predicted octanol–water partition coefficient (Wildman–Crippen LogP) is 3.03. The van der Waals surface area contributed by atoms with Gasteiger partial charge in [-0.25, -0.2) is 4.98 Å². The van der Waals surface area contributed by atoms with Crippen LogP contribution >= 0.6 is 0 Å². The third-order valence-electron chi connectivity index (χ3n) is 4.30. The summed E-state index contributed by atoms with van der Waals surface area (Å²) < 4.78 is 5.25. The number of aliphatic hydroxyl groups is 1. The van der Waals surface area contributed by atoms with E-state index in [4.69, 9.17) is 4.42 Å². The Hall–Kier alpha value is -2.92. The maximum atomic E-state index is 12.7. The van der Waals surface area contributed by atoms with Crippen molar-refractivity contribution in [3.05, 3.63) is 77.8 Å². The van der Waals surface area contributed by atoms with Gasteiger partial charge in [-0.2, -0.15) is 0 Å². The average molecular weight is 320 g/mol. The van der Waals surface area contributed by atoms with Gasteiger partial charge in [-0.1, -0.05) is 36.4 Å². The molecule has 0 aliphatic carbocycles. The molecule has 0 unspecified atom stereocenters. The summed E-state index contributed by atoms with van der Waals surface area (Å²) in [6, 6.07) is 14.9. The lowest BCUT2D eigenvalue weighted by Gasteiger charge is -2.32. The van der Waals surface area contributed by atoms with Crippen molar-refractivity contribution >= 4 is 5.91 Å². The Balaban J connectivity index is 1.56. The van der Waals surface area contributed by atoms with Gasteiger partial charge in [0.25, 0.3) is 5.91 Å². The number of amides is 1. The van der Waals surface area contributed by atoms with Crippen LogP contribution in [0.25, 0.3) is 11.3 Å². The van der Waals surface area contributed by atoms with Crippen LogP contribution < -0.4 is 0 Å². The molecule has 0 radical (unpaired) electrons. The van der Waals surface area contributed by atoms with Gasteiger partial charge in [0.05, 0.1) is 18.8 Å². The van der Waals surface area contributed by atoms with Gasteiger partial charge in [-0.05, 0) is 23.3 Å². The lowest BCUT2D eigenvalue weighted by molar-refractivity contribution is 0.0550. The smallest absolute Gasteiger partial charge is 0.254 e. The molecule has 0 bridgehead atoms. The van der Waals surface area contributed by atoms with Gasteiger partial charge in [0.2, 0.25) is 0 Å². The van der Waals surface area contributed by atoms with Gasteiger partial charge in [-0.3, -0.25) is 4.79 Å². The van der Waals surface area contributed by atoms with Crippen LogP contribution in [-0.4, -0.2) is 27.4 Å². The second kappa shape index (κ2) is 5.94. The van der Waals surface area contributed by atoms with Crippen molar-refractivity contribution in [2.75, 3.05) is 6.54 Å². The highest BCUT2D eigenvalue weighted by molar-refractivity contribution is 5.94. The molecule has 1 aliphatic rings. The molecule has 2 aromatic carbocycles. The molecule has 3 aromatic rings. The van der Waals surface area contributed by atoms with E-state index in [1.807, 2.05) is 36.4 Å². The van der Waals surface area contributed by atoms with E-state index >= 15 is 0 Å². The molecular weight excluding hydrogens is 304 g/mol. The van der Waals surface area contributed by atoms with Crippen LogP contribution in [0.1, 0.15) is 27.6 Å². The minimum absolute atomic E-state index is 0.0901. The van der Waals surface area contributed by atoms with E-state index in [2.05, 4.69) is 4.98 Å². The molecular formula is C19H16N2O3.